The molecule has 2 N–H and O–H groups in total. The zero-order valence-corrected chi connectivity index (χ0v) is 15.0. The first-order valence-electron chi connectivity index (χ1n) is 8.40. The van der Waals surface area contributed by atoms with Crippen LogP contribution in [-0.4, -0.2) is 28.2 Å². The van der Waals surface area contributed by atoms with Gasteiger partial charge in [-0.2, -0.15) is 10.4 Å². The van der Waals surface area contributed by atoms with Crippen LogP contribution in [-0.2, 0) is 4.79 Å². The highest BCUT2D eigenvalue weighted by molar-refractivity contribution is 5.95. The van der Waals surface area contributed by atoms with Gasteiger partial charge in [0.2, 0.25) is 0 Å². The van der Waals surface area contributed by atoms with Gasteiger partial charge in [0.05, 0.1) is 11.3 Å². The number of para-hydroxylation sites is 1. The predicted octanol–water partition coefficient (Wildman–Crippen LogP) is 1.89. The maximum Gasteiger partial charge on any atom is 0.276 e. The van der Waals surface area contributed by atoms with Crippen molar-refractivity contribution in [1.29, 1.82) is 5.26 Å². The van der Waals surface area contributed by atoms with E-state index in [1.54, 1.807) is 59.4 Å². The van der Waals surface area contributed by atoms with Crippen LogP contribution in [0.15, 0.2) is 60.8 Å². The molecule has 0 aliphatic rings. The van der Waals surface area contributed by atoms with Crippen LogP contribution in [0.3, 0.4) is 0 Å². The normalized spacial score (nSPS) is 10.0. The molecule has 8 heteroatoms. The number of nitriles is 1. The van der Waals surface area contributed by atoms with E-state index < -0.39 is 11.8 Å². The van der Waals surface area contributed by atoms with Crippen LogP contribution in [0.25, 0.3) is 5.69 Å². The fourth-order valence-electron chi connectivity index (χ4n) is 2.46. The first-order chi connectivity index (χ1) is 13.6. The van der Waals surface area contributed by atoms with Crippen molar-refractivity contribution in [3.63, 3.8) is 0 Å². The number of carbonyl (C=O) groups is 2. The first kappa shape index (κ1) is 18.7. The summed E-state index contributed by atoms with van der Waals surface area (Å²) in [6.07, 6.45) is 1.70. The van der Waals surface area contributed by atoms with E-state index in [2.05, 4.69) is 16.0 Å². The molecule has 1 aromatic heterocycles. The molecule has 3 rings (SSSR count). The Labute approximate surface area is 161 Å². The SMILES string of the molecule is Cc1ccnn1-c1ccc(C(=O)NNC(=O)COc2ccccc2C#N)cc1. The van der Waals surface area contributed by atoms with Crippen molar-refractivity contribution in [3.8, 4) is 17.5 Å². The van der Waals surface area contributed by atoms with Gasteiger partial charge in [-0.15, -0.1) is 0 Å². The third kappa shape index (κ3) is 4.34. The maximum atomic E-state index is 12.2. The van der Waals surface area contributed by atoms with Crippen LogP contribution < -0.4 is 15.6 Å². The Morgan fingerprint density at radius 3 is 2.54 bits per heavy atom. The lowest BCUT2D eigenvalue weighted by Crippen LogP contribution is -2.43. The molecule has 0 spiro atoms. The molecule has 2 amide bonds. The van der Waals surface area contributed by atoms with Crippen LogP contribution in [0, 0.1) is 18.3 Å². The minimum absolute atomic E-state index is 0.302. The number of hydrogen-bond acceptors (Lipinski definition) is 5. The van der Waals surface area contributed by atoms with E-state index >= 15 is 0 Å². The molecule has 1 heterocycles. The Morgan fingerprint density at radius 2 is 1.86 bits per heavy atom. The number of nitrogens with zero attached hydrogens (tertiary/aromatic N) is 3. The van der Waals surface area contributed by atoms with Crippen molar-refractivity contribution in [2.75, 3.05) is 6.61 Å². The molecule has 0 saturated heterocycles. The smallest absolute Gasteiger partial charge is 0.276 e. The van der Waals surface area contributed by atoms with Gasteiger partial charge < -0.3 is 4.74 Å². The Balaban J connectivity index is 1.52. The summed E-state index contributed by atoms with van der Waals surface area (Å²) in [5.41, 5.74) is 7.11. The number of benzene rings is 2. The Bertz CT molecular complexity index is 1030. The average Bonchev–Trinajstić information content (AvgIpc) is 3.16. The topological polar surface area (TPSA) is 109 Å². The molecule has 8 nitrogen and oxygen atoms in total. The number of aryl methyl sites for hydroxylation is 1. The average molecular weight is 375 g/mol. The molecule has 0 aliphatic heterocycles. The number of nitrogens with one attached hydrogen (secondary N) is 2. The molecular formula is C20H17N5O3. The summed E-state index contributed by atoms with van der Waals surface area (Å²) in [5.74, 6) is -0.713. The van der Waals surface area contributed by atoms with E-state index in [4.69, 9.17) is 10.00 Å². The quantitative estimate of drug-likeness (QED) is 0.662. The summed E-state index contributed by atoms with van der Waals surface area (Å²) in [7, 11) is 0. The number of hydrazine groups is 1. The zero-order valence-electron chi connectivity index (χ0n) is 15.0. The fraction of sp³-hybridized carbons (Fsp3) is 0.100. The van der Waals surface area contributed by atoms with Gasteiger partial charge in [0.25, 0.3) is 11.8 Å². The molecule has 2 aromatic carbocycles. The van der Waals surface area contributed by atoms with Crippen LogP contribution in [0.1, 0.15) is 21.6 Å². The highest BCUT2D eigenvalue weighted by Gasteiger charge is 2.10. The van der Waals surface area contributed by atoms with Crippen LogP contribution >= 0.6 is 0 Å². The van der Waals surface area contributed by atoms with E-state index in [0.29, 0.717) is 16.9 Å². The number of rotatable bonds is 5. The van der Waals surface area contributed by atoms with Gasteiger partial charge in [0, 0.05) is 17.5 Å². The molecule has 0 fully saturated rings. The molecule has 0 bridgehead atoms. The number of amides is 2. The van der Waals surface area contributed by atoms with E-state index in [9.17, 15) is 9.59 Å². The molecule has 0 unspecified atom stereocenters. The number of ether oxygens (including phenoxy) is 1. The van der Waals surface area contributed by atoms with Crippen LogP contribution in [0.4, 0.5) is 0 Å². The molecule has 0 atom stereocenters. The van der Waals surface area contributed by atoms with Gasteiger partial charge in [-0.1, -0.05) is 12.1 Å². The van der Waals surface area contributed by atoms with Gasteiger partial charge in [-0.05, 0) is 49.4 Å². The zero-order chi connectivity index (χ0) is 19.9. The lowest BCUT2D eigenvalue weighted by atomic mass is 10.2. The van der Waals surface area contributed by atoms with Crippen molar-refractivity contribution in [2.45, 2.75) is 6.92 Å². The van der Waals surface area contributed by atoms with Crippen molar-refractivity contribution in [3.05, 3.63) is 77.6 Å². The molecule has 0 saturated carbocycles. The monoisotopic (exact) mass is 375 g/mol. The van der Waals surface area contributed by atoms with Crippen molar-refractivity contribution in [2.24, 2.45) is 0 Å². The Morgan fingerprint density at radius 1 is 1.11 bits per heavy atom. The van der Waals surface area contributed by atoms with Crippen LogP contribution in [0.2, 0.25) is 0 Å². The lowest BCUT2D eigenvalue weighted by molar-refractivity contribution is -0.123. The third-order valence-electron chi connectivity index (χ3n) is 3.89. The van der Waals surface area contributed by atoms with Gasteiger partial charge in [-0.3, -0.25) is 20.4 Å². The summed E-state index contributed by atoms with van der Waals surface area (Å²) < 4.78 is 7.05. The van der Waals surface area contributed by atoms with Gasteiger partial charge >= 0.3 is 0 Å². The number of aromatic nitrogens is 2. The number of hydrogen-bond donors (Lipinski definition) is 2. The second kappa shape index (κ2) is 8.51. The van der Waals surface area contributed by atoms with Gasteiger partial charge in [0.1, 0.15) is 11.8 Å². The molecule has 3 aromatic rings. The summed E-state index contributed by atoms with van der Waals surface area (Å²) in [4.78, 5) is 24.0. The number of carbonyl (C=O) groups excluding carboxylic acids is 2. The Hall–Kier alpha value is -4.12. The van der Waals surface area contributed by atoms with E-state index in [1.165, 1.54) is 0 Å². The second-order valence-electron chi connectivity index (χ2n) is 5.83. The third-order valence-corrected chi connectivity index (χ3v) is 3.89. The Kier molecular flexibility index (Phi) is 5.67. The van der Waals surface area contributed by atoms with Crippen molar-refractivity contribution >= 4 is 11.8 Å². The molecular weight excluding hydrogens is 358 g/mol. The van der Waals surface area contributed by atoms with E-state index in [1.807, 2.05) is 19.1 Å². The summed E-state index contributed by atoms with van der Waals surface area (Å²) >= 11 is 0. The standard InChI is InChI=1S/C20H17N5O3/c1-14-10-11-22-25(14)17-8-6-15(7-9-17)20(27)24-23-19(26)13-28-18-5-3-2-4-16(18)12-21/h2-11H,13H2,1H3,(H,23,26)(H,24,27). The first-order valence-corrected chi connectivity index (χ1v) is 8.40. The predicted molar refractivity (Wildman–Crippen MR) is 101 cm³/mol. The molecule has 28 heavy (non-hydrogen) atoms. The largest absolute Gasteiger partial charge is 0.482 e. The van der Waals surface area contributed by atoms with Crippen LogP contribution in [0.5, 0.6) is 5.75 Å². The van der Waals surface area contributed by atoms with Crippen molar-refractivity contribution < 1.29 is 14.3 Å². The highest BCUT2D eigenvalue weighted by Crippen LogP contribution is 2.16. The minimum Gasteiger partial charge on any atom is -0.482 e. The highest BCUT2D eigenvalue weighted by atomic mass is 16.5. The summed E-state index contributed by atoms with van der Waals surface area (Å²) in [6.45, 7) is 1.59. The second-order valence-corrected chi connectivity index (χ2v) is 5.83. The maximum absolute atomic E-state index is 12.2. The summed E-state index contributed by atoms with van der Waals surface area (Å²) in [5, 5.41) is 13.2. The van der Waals surface area contributed by atoms with E-state index in [0.717, 1.165) is 11.4 Å². The lowest BCUT2D eigenvalue weighted by Gasteiger charge is -2.10. The minimum atomic E-state index is -0.551. The fourth-order valence-corrected chi connectivity index (χ4v) is 2.46. The molecule has 0 aliphatic carbocycles. The molecule has 140 valence electrons. The summed E-state index contributed by atoms with van der Waals surface area (Å²) in [6, 6.07) is 17.2. The molecule has 0 radical (unpaired) electrons. The van der Waals surface area contributed by atoms with Crippen molar-refractivity contribution in [1.82, 2.24) is 20.6 Å². The van der Waals surface area contributed by atoms with E-state index in [-0.39, 0.29) is 6.61 Å². The van der Waals surface area contributed by atoms with Gasteiger partial charge in [-0.25, -0.2) is 4.68 Å². The van der Waals surface area contributed by atoms with Gasteiger partial charge in [0.15, 0.2) is 6.61 Å².